The van der Waals surface area contributed by atoms with Gasteiger partial charge in [0, 0.05) is 4.47 Å². The van der Waals surface area contributed by atoms with Crippen molar-refractivity contribution < 1.29 is 13.2 Å². The van der Waals surface area contributed by atoms with Gasteiger partial charge in [0.25, 0.3) is 10.0 Å². The van der Waals surface area contributed by atoms with Gasteiger partial charge in [0.05, 0.1) is 30.3 Å². The smallest absolute Gasteiger partial charge is 0.264 e. The van der Waals surface area contributed by atoms with Crippen molar-refractivity contribution in [3.8, 4) is 22.3 Å². The van der Waals surface area contributed by atoms with Crippen molar-refractivity contribution in [1.29, 1.82) is 0 Å². The molecule has 0 radical (unpaired) electrons. The predicted molar refractivity (Wildman–Crippen MR) is 169 cm³/mol. The van der Waals surface area contributed by atoms with E-state index in [0.717, 1.165) is 54.5 Å². The number of anilines is 1. The monoisotopic (exact) mass is 623 g/mol. The second-order valence-corrected chi connectivity index (χ2v) is 13.1. The van der Waals surface area contributed by atoms with Crippen molar-refractivity contribution in [2.45, 2.75) is 38.5 Å². The van der Waals surface area contributed by atoms with Crippen LogP contribution in [0, 0.1) is 13.8 Å². The number of ether oxygens (including phenoxy) is 1. The van der Waals surface area contributed by atoms with E-state index in [0.29, 0.717) is 18.9 Å². The van der Waals surface area contributed by atoms with Gasteiger partial charge in [-0.1, -0.05) is 84.4 Å². The number of aryl methyl sites for hydroxylation is 2. The first-order chi connectivity index (χ1) is 19.8. The topological polar surface area (TPSA) is 46.6 Å². The molecule has 0 saturated heterocycles. The fourth-order valence-electron chi connectivity index (χ4n) is 5.45. The van der Waals surface area contributed by atoms with Crippen LogP contribution in [0.1, 0.15) is 27.8 Å². The van der Waals surface area contributed by atoms with E-state index in [1.165, 1.54) is 4.31 Å². The third kappa shape index (κ3) is 5.35. The highest BCUT2D eigenvalue weighted by atomic mass is 79.9. The molecule has 0 fully saturated rings. The number of hydrogen-bond donors (Lipinski definition) is 0. The highest BCUT2D eigenvalue weighted by Gasteiger charge is 2.31. The number of hydrogen-bond acceptors (Lipinski definition) is 3. The lowest BCUT2D eigenvalue weighted by Gasteiger charge is -2.28. The highest BCUT2D eigenvalue weighted by Crippen LogP contribution is 2.42. The van der Waals surface area contributed by atoms with E-state index in [-0.39, 0.29) is 11.4 Å². The number of halogens is 1. The Morgan fingerprint density at radius 1 is 0.707 bits per heavy atom. The van der Waals surface area contributed by atoms with Crippen LogP contribution in [0.5, 0.6) is 0 Å². The van der Waals surface area contributed by atoms with Crippen molar-refractivity contribution in [1.82, 2.24) is 0 Å². The second kappa shape index (κ2) is 11.3. The Balaban J connectivity index is 1.59. The average molecular weight is 625 g/mol. The number of rotatable bonds is 7. The van der Waals surface area contributed by atoms with E-state index >= 15 is 0 Å². The Morgan fingerprint density at radius 2 is 1.29 bits per heavy atom. The van der Waals surface area contributed by atoms with Crippen molar-refractivity contribution in [3.05, 3.63) is 141 Å². The summed E-state index contributed by atoms with van der Waals surface area (Å²) in [6.45, 7) is 5.02. The molecule has 0 aliphatic carbocycles. The molecule has 5 aromatic rings. The summed E-state index contributed by atoms with van der Waals surface area (Å²) < 4.78 is 37.1. The minimum atomic E-state index is -3.92. The standard InChI is InChI=1S/C35H30BrNO3S/c1-24-13-16-28(17-14-24)41(38,39)37(35-18-15-25(2)19-34(35)36)21-31-29(26-9-5-3-6-10-26)20-30(27-11-7-4-8-12-27)32-22-40-23-33(31)32/h3-20H,21-23H2,1-2H3. The zero-order chi connectivity index (χ0) is 28.6. The molecule has 0 spiro atoms. The molecular formula is C35H30BrNO3S. The van der Waals surface area contributed by atoms with E-state index in [2.05, 4.69) is 46.3 Å². The molecule has 1 aliphatic rings. The Bertz CT molecular complexity index is 1820. The summed E-state index contributed by atoms with van der Waals surface area (Å²) in [5, 5.41) is 0. The minimum Gasteiger partial charge on any atom is -0.372 e. The molecule has 0 saturated carbocycles. The Morgan fingerprint density at radius 3 is 1.93 bits per heavy atom. The van der Waals surface area contributed by atoms with E-state index in [9.17, 15) is 8.42 Å². The molecule has 1 aliphatic heterocycles. The normalized spacial score (nSPS) is 12.8. The highest BCUT2D eigenvalue weighted by molar-refractivity contribution is 9.10. The largest absolute Gasteiger partial charge is 0.372 e. The third-order valence-electron chi connectivity index (χ3n) is 7.61. The number of fused-ring (bicyclic) bond motifs is 1. The molecule has 0 amide bonds. The second-order valence-electron chi connectivity index (χ2n) is 10.4. The first kappa shape index (κ1) is 27.5. The first-order valence-electron chi connectivity index (χ1n) is 13.5. The van der Waals surface area contributed by atoms with Gasteiger partial charge in [0.1, 0.15) is 0 Å². The van der Waals surface area contributed by atoms with Gasteiger partial charge in [-0.2, -0.15) is 0 Å². The lowest BCUT2D eigenvalue weighted by atomic mass is 9.87. The SMILES string of the molecule is Cc1ccc(S(=O)(=O)N(Cc2c(-c3ccccc3)cc(-c3ccccc3)c3c2COC3)c2ccc(C)cc2Br)cc1. The van der Waals surface area contributed by atoms with Crippen LogP contribution in [0.4, 0.5) is 5.69 Å². The minimum absolute atomic E-state index is 0.156. The molecule has 5 aromatic carbocycles. The molecule has 0 N–H and O–H groups in total. The summed E-state index contributed by atoms with van der Waals surface area (Å²) in [7, 11) is -3.92. The summed E-state index contributed by atoms with van der Waals surface area (Å²) in [5.74, 6) is 0. The van der Waals surface area contributed by atoms with E-state index in [1.54, 1.807) is 12.1 Å². The Hall–Kier alpha value is -3.71. The maximum atomic E-state index is 14.4. The van der Waals surface area contributed by atoms with Crippen LogP contribution in [-0.2, 0) is 34.5 Å². The molecule has 0 bridgehead atoms. The lowest BCUT2D eigenvalue weighted by molar-refractivity contribution is 0.134. The molecule has 1 heterocycles. The molecule has 4 nitrogen and oxygen atoms in total. The Kier molecular flexibility index (Phi) is 7.56. The van der Waals surface area contributed by atoms with Crippen LogP contribution in [0.25, 0.3) is 22.3 Å². The number of sulfonamides is 1. The van der Waals surface area contributed by atoms with Gasteiger partial charge in [-0.3, -0.25) is 4.31 Å². The van der Waals surface area contributed by atoms with Gasteiger partial charge in [0.15, 0.2) is 0 Å². The maximum absolute atomic E-state index is 14.4. The summed E-state index contributed by atoms with van der Waals surface area (Å²) in [6.07, 6.45) is 0. The predicted octanol–water partition coefficient (Wildman–Crippen LogP) is 8.83. The molecule has 0 aromatic heterocycles. The molecule has 41 heavy (non-hydrogen) atoms. The van der Waals surface area contributed by atoms with Crippen molar-refractivity contribution >= 4 is 31.6 Å². The zero-order valence-electron chi connectivity index (χ0n) is 23.0. The summed E-state index contributed by atoms with van der Waals surface area (Å²) >= 11 is 3.67. The summed E-state index contributed by atoms with van der Waals surface area (Å²) in [4.78, 5) is 0.255. The molecule has 206 valence electrons. The van der Waals surface area contributed by atoms with E-state index < -0.39 is 10.0 Å². The molecule has 6 heteroatoms. The first-order valence-corrected chi connectivity index (χ1v) is 15.8. The zero-order valence-corrected chi connectivity index (χ0v) is 25.4. The number of benzene rings is 5. The van der Waals surface area contributed by atoms with E-state index in [1.807, 2.05) is 80.6 Å². The van der Waals surface area contributed by atoms with Gasteiger partial charge >= 0.3 is 0 Å². The van der Waals surface area contributed by atoms with Crippen LogP contribution in [0.3, 0.4) is 0 Å². The van der Waals surface area contributed by atoms with Crippen molar-refractivity contribution in [2.24, 2.45) is 0 Å². The van der Waals surface area contributed by atoms with Crippen LogP contribution in [0.2, 0.25) is 0 Å². The Labute approximate surface area is 250 Å². The molecule has 0 atom stereocenters. The maximum Gasteiger partial charge on any atom is 0.264 e. The van der Waals surface area contributed by atoms with Crippen LogP contribution >= 0.6 is 15.9 Å². The number of nitrogens with zero attached hydrogens (tertiary/aromatic N) is 1. The fourth-order valence-corrected chi connectivity index (χ4v) is 7.72. The van der Waals surface area contributed by atoms with Gasteiger partial charge in [-0.15, -0.1) is 0 Å². The quantitative estimate of drug-likeness (QED) is 0.182. The van der Waals surface area contributed by atoms with Crippen molar-refractivity contribution in [3.63, 3.8) is 0 Å². The van der Waals surface area contributed by atoms with Gasteiger partial charge in [-0.05, 0) is 105 Å². The van der Waals surface area contributed by atoms with Gasteiger partial charge in [-0.25, -0.2) is 8.42 Å². The van der Waals surface area contributed by atoms with Crippen LogP contribution in [-0.4, -0.2) is 8.42 Å². The molecule has 6 rings (SSSR count). The summed E-state index contributed by atoms with van der Waals surface area (Å²) in [5.41, 5.74) is 10.0. The average Bonchev–Trinajstić information content (AvgIpc) is 3.47. The van der Waals surface area contributed by atoms with Crippen molar-refractivity contribution in [2.75, 3.05) is 4.31 Å². The lowest BCUT2D eigenvalue weighted by Crippen LogP contribution is -2.31. The fraction of sp³-hybridized carbons (Fsp3) is 0.143. The van der Waals surface area contributed by atoms with Gasteiger partial charge < -0.3 is 4.74 Å². The molecular weight excluding hydrogens is 594 g/mol. The van der Waals surface area contributed by atoms with Crippen LogP contribution in [0.15, 0.2) is 119 Å². The third-order valence-corrected chi connectivity index (χ3v) is 10.0. The van der Waals surface area contributed by atoms with E-state index in [4.69, 9.17) is 4.74 Å². The van der Waals surface area contributed by atoms with Gasteiger partial charge in [0.2, 0.25) is 0 Å². The summed E-state index contributed by atoms with van der Waals surface area (Å²) in [6, 6.07) is 35.5. The molecule has 0 unspecified atom stereocenters. The van der Waals surface area contributed by atoms with Crippen LogP contribution < -0.4 is 4.31 Å².